The molecule has 2 saturated heterocycles. The fourth-order valence-corrected chi connectivity index (χ4v) is 4.43. The van der Waals surface area contributed by atoms with E-state index < -0.39 is 6.09 Å². The van der Waals surface area contributed by atoms with Crippen LogP contribution in [0.1, 0.15) is 6.92 Å². The average molecular weight is 407 g/mol. The number of anilines is 2. The van der Waals surface area contributed by atoms with Gasteiger partial charge in [-0.2, -0.15) is 0 Å². The first kappa shape index (κ1) is 18.9. The molecule has 1 aromatic carbocycles. The standard InChI is InChI=1S/C22H25N5O3/c1-13(28)24-9-17-10-27(22(29)30-17)16-5-2-14(3-6-16)15-4-7-20(25-8-15)26-11-18-19(12-26)21(18)23/h2-8,17-19,21H,9-12,23H2,1H3,(H,24,28)/t17-,18-,19+,21+/m0/s1. The summed E-state index contributed by atoms with van der Waals surface area (Å²) in [4.78, 5) is 31.7. The Labute approximate surface area is 175 Å². The topological polar surface area (TPSA) is 101 Å². The van der Waals surface area contributed by atoms with Crippen LogP contribution in [0.15, 0.2) is 42.6 Å². The van der Waals surface area contributed by atoms with Gasteiger partial charge in [-0.05, 0) is 41.7 Å². The summed E-state index contributed by atoms with van der Waals surface area (Å²) in [6.45, 7) is 4.18. The van der Waals surface area contributed by atoms with Crippen LogP contribution in [0.25, 0.3) is 11.1 Å². The molecule has 30 heavy (non-hydrogen) atoms. The number of nitrogens with one attached hydrogen (secondary N) is 1. The Morgan fingerprint density at radius 1 is 1.13 bits per heavy atom. The molecule has 0 unspecified atom stereocenters. The molecule has 2 aliphatic heterocycles. The van der Waals surface area contributed by atoms with Gasteiger partial charge in [0.05, 0.1) is 13.1 Å². The van der Waals surface area contributed by atoms with Crippen LogP contribution in [0.3, 0.4) is 0 Å². The third kappa shape index (κ3) is 3.47. The summed E-state index contributed by atoms with van der Waals surface area (Å²) in [5.41, 5.74) is 8.85. The number of hydrogen-bond donors (Lipinski definition) is 2. The molecule has 0 radical (unpaired) electrons. The lowest BCUT2D eigenvalue weighted by Crippen LogP contribution is -2.33. The minimum atomic E-state index is -0.396. The van der Waals surface area contributed by atoms with E-state index in [1.54, 1.807) is 4.90 Å². The molecule has 3 N–H and O–H groups in total. The third-order valence-corrected chi connectivity index (χ3v) is 6.30. The molecule has 0 bridgehead atoms. The maximum Gasteiger partial charge on any atom is 0.414 e. The van der Waals surface area contributed by atoms with E-state index in [9.17, 15) is 9.59 Å². The molecule has 1 aliphatic carbocycles. The fourth-order valence-electron chi connectivity index (χ4n) is 4.43. The van der Waals surface area contributed by atoms with Crippen LogP contribution >= 0.6 is 0 Å². The molecular weight excluding hydrogens is 382 g/mol. The number of nitrogens with two attached hydrogens (primary N) is 1. The molecular formula is C22H25N5O3. The number of nitrogens with zero attached hydrogens (tertiary/aromatic N) is 3. The second-order valence-corrected chi connectivity index (χ2v) is 8.32. The van der Waals surface area contributed by atoms with Crippen molar-refractivity contribution in [3.8, 4) is 11.1 Å². The van der Waals surface area contributed by atoms with Crippen molar-refractivity contribution >= 4 is 23.5 Å². The zero-order valence-corrected chi connectivity index (χ0v) is 16.8. The zero-order valence-electron chi connectivity index (χ0n) is 16.8. The second-order valence-electron chi connectivity index (χ2n) is 8.32. The van der Waals surface area contributed by atoms with Crippen molar-refractivity contribution in [1.29, 1.82) is 0 Å². The van der Waals surface area contributed by atoms with Crippen molar-refractivity contribution in [1.82, 2.24) is 10.3 Å². The van der Waals surface area contributed by atoms with Crippen LogP contribution < -0.4 is 20.9 Å². The number of amides is 2. The van der Waals surface area contributed by atoms with Gasteiger partial charge < -0.3 is 20.7 Å². The lowest BCUT2D eigenvalue weighted by atomic mass is 10.1. The Bertz CT molecular complexity index is 950. The van der Waals surface area contributed by atoms with Gasteiger partial charge in [-0.25, -0.2) is 9.78 Å². The highest BCUT2D eigenvalue weighted by Crippen LogP contribution is 2.44. The Morgan fingerprint density at radius 3 is 2.47 bits per heavy atom. The van der Waals surface area contributed by atoms with Gasteiger partial charge in [0.2, 0.25) is 5.91 Å². The minimum absolute atomic E-state index is 0.140. The second kappa shape index (κ2) is 7.28. The summed E-state index contributed by atoms with van der Waals surface area (Å²) >= 11 is 0. The van der Waals surface area contributed by atoms with E-state index in [1.807, 2.05) is 30.5 Å². The van der Waals surface area contributed by atoms with Crippen LogP contribution in [0.2, 0.25) is 0 Å². The van der Waals surface area contributed by atoms with Gasteiger partial charge in [-0.15, -0.1) is 0 Å². The molecule has 5 rings (SSSR count). The predicted octanol–water partition coefficient (Wildman–Crippen LogP) is 1.60. The largest absolute Gasteiger partial charge is 0.442 e. The Kier molecular flexibility index (Phi) is 4.58. The van der Waals surface area contributed by atoms with Gasteiger partial charge >= 0.3 is 6.09 Å². The highest BCUT2D eigenvalue weighted by molar-refractivity contribution is 5.90. The van der Waals surface area contributed by atoms with Gasteiger partial charge in [-0.3, -0.25) is 9.69 Å². The summed E-state index contributed by atoms with van der Waals surface area (Å²) in [6.07, 6.45) is 1.15. The quantitative estimate of drug-likeness (QED) is 0.781. The van der Waals surface area contributed by atoms with Gasteiger partial charge in [0.1, 0.15) is 11.9 Å². The SMILES string of the molecule is CC(=O)NC[C@H]1CN(c2ccc(-c3ccc(N4C[C@@H]5[C@@H](N)[C@@H]5C4)nc3)cc2)C(=O)O1. The first-order valence-corrected chi connectivity index (χ1v) is 10.3. The number of ether oxygens (including phenoxy) is 1. The molecule has 156 valence electrons. The van der Waals surface area contributed by atoms with E-state index in [4.69, 9.17) is 10.5 Å². The molecule has 8 nitrogen and oxygen atoms in total. The van der Waals surface area contributed by atoms with Gasteiger partial charge in [0, 0.05) is 43.5 Å². The molecule has 8 heteroatoms. The van der Waals surface area contributed by atoms with Gasteiger partial charge in [0.15, 0.2) is 0 Å². The Morgan fingerprint density at radius 2 is 1.83 bits per heavy atom. The van der Waals surface area contributed by atoms with Crippen LogP contribution in [0, 0.1) is 11.8 Å². The van der Waals surface area contributed by atoms with E-state index in [0.717, 1.165) is 35.7 Å². The molecule has 2 aromatic rings. The maximum atomic E-state index is 12.2. The number of fused-ring (bicyclic) bond motifs is 1. The molecule has 3 fully saturated rings. The normalized spacial score (nSPS) is 27.1. The number of aromatic nitrogens is 1. The van der Waals surface area contributed by atoms with Crippen molar-refractivity contribution in [2.75, 3.05) is 36.0 Å². The van der Waals surface area contributed by atoms with Crippen LogP contribution in [-0.2, 0) is 9.53 Å². The fraction of sp³-hybridized carbons (Fsp3) is 0.409. The highest BCUT2D eigenvalue weighted by Gasteiger charge is 2.53. The molecule has 1 aromatic heterocycles. The van der Waals surface area contributed by atoms with Crippen molar-refractivity contribution in [2.24, 2.45) is 17.6 Å². The predicted molar refractivity (Wildman–Crippen MR) is 113 cm³/mol. The lowest BCUT2D eigenvalue weighted by molar-refractivity contribution is -0.119. The Balaban J connectivity index is 1.23. The van der Waals surface area contributed by atoms with E-state index in [1.165, 1.54) is 6.92 Å². The number of piperidine rings is 1. The summed E-state index contributed by atoms with van der Waals surface area (Å²) < 4.78 is 5.32. The lowest BCUT2D eigenvalue weighted by Gasteiger charge is -2.20. The van der Waals surface area contributed by atoms with Crippen LogP contribution in [0.4, 0.5) is 16.3 Å². The summed E-state index contributed by atoms with van der Waals surface area (Å²) in [6, 6.07) is 12.3. The number of carbonyl (C=O) groups excluding carboxylic acids is 2. The molecule has 0 spiro atoms. The first-order valence-electron chi connectivity index (χ1n) is 10.3. The minimum Gasteiger partial charge on any atom is -0.442 e. The number of pyridine rings is 1. The molecule has 1 saturated carbocycles. The third-order valence-electron chi connectivity index (χ3n) is 6.30. The number of rotatable bonds is 5. The first-order chi connectivity index (χ1) is 14.5. The van der Waals surface area contributed by atoms with Crippen LogP contribution in [-0.4, -0.2) is 55.3 Å². The molecule has 2 amide bonds. The number of cyclic esters (lactones) is 1. The van der Waals surface area contributed by atoms with E-state index >= 15 is 0 Å². The van der Waals surface area contributed by atoms with Gasteiger partial charge in [-0.1, -0.05) is 12.1 Å². The van der Waals surface area contributed by atoms with E-state index in [2.05, 4.69) is 27.3 Å². The van der Waals surface area contributed by atoms with Crippen molar-refractivity contribution < 1.29 is 14.3 Å². The summed E-state index contributed by atoms with van der Waals surface area (Å²) in [5.74, 6) is 2.13. The number of hydrogen-bond acceptors (Lipinski definition) is 6. The molecule has 3 aliphatic rings. The molecule has 3 heterocycles. The monoisotopic (exact) mass is 407 g/mol. The van der Waals surface area contributed by atoms with Crippen LogP contribution in [0.5, 0.6) is 0 Å². The smallest absolute Gasteiger partial charge is 0.414 e. The summed E-state index contributed by atoms with van der Waals surface area (Å²) in [7, 11) is 0. The van der Waals surface area contributed by atoms with Crippen molar-refractivity contribution in [3.05, 3.63) is 42.6 Å². The van der Waals surface area contributed by atoms with E-state index in [0.29, 0.717) is 31.0 Å². The number of carbonyl (C=O) groups is 2. The average Bonchev–Trinajstić information content (AvgIpc) is 3.11. The molecule has 4 atom stereocenters. The van der Waals surface area contributed by atoms with E-state index in [-0.39, 0.29) is 12.0 Å². The van der Waals surface area contributed by atoms with Crippen molar-refractivity contribution in [2.45, 2.75) is 19.1 Å². The summed E-state index contributed by atoms with van der Waals surface area (Å²) in [5, 5.41) is 2.68. The highest BCUT2D eigenvalue weighted by atomic mass is 16.6. The Hall–Kier alpha value is -3.13. The van der Waals surface area contributed by atoms with Gasteiger partial charge in [0.25, 0.3) is 0 Å². The zero-order chi connectivity index (χ0) is 20.8. The van der Waals surface area contributed by atoms with Crippen molar-refractivity contribution in [3.63, 3.8) is 0 Å². The maximum absolute atomic E-state index is 12.2. The number of benzene rings is 1.